The fourth-order valence-corrected chi connectivity index (χ4v) is 1.77. The fourth-order valence-electron chi connectivity index (χ4n) is 1.77. The number of nitrogens with zero attached hydrogens (tertiary/aromatic N) is 4. The van der Waals surface area contributed by atoms with E-state index in [9.17, 15) is 0 Å². The highest BCUT2D eigenvalue weighted by molar-refractivity contribution is 5.59. The van der Waals surface area contributed by atoms with Crippen molar-refractivity contribution in [1.29, 1.82) is 5.26 Å². The van der Waals surface area contributed by atoms with Crippen LogP contribution in [0.4, 0.5) is 5.69 Å². The van der Waals surface area contributed by atoms with Crippen molar-refractivity contribution < 1.29 is 4.74 Å². The number of anilines is 1. The molecule has 0 bridgehead atoms. The molecule has 0 aliphatic heterocycles. The molecule has 1 N–H and O–H groups in total. The van der Waals surface area contributed by atoms with Crippen LogP contribution in [0.5, 0.6) is 5.75 Å². The van der Waals surface area contributed by atoms with E-state index >= 15 is 0 Å². The molecule has 0 saturated carbocycles. The molecule has 0 aliphatic rings. The van der Waals surface area contributed by atoms with Gasteiger partial charge in [0.05, 0.1) is 31.0 Å². The van der Waals surface area contributed by atoms with Gasteiger partial charge in [0.25, 0.3) is 0 Å². The Morgan fingerprint density at radius 3 is 3.00 bits per heavy atom. The van der Waals surface area contributed by atoms with Gasteiger partial charge >= 0.3 is 0 Å². The van der Waals surface area contributed by atoms with Gasteiger partial charge in [-0.3, -0.25) is 0 Å². The molecular formula is C13H15N5O. The van der Waals surface area contributed by atoms with Crippen molar-refractivity contribution in [3.63, 3.8) is 0 Å². The molecule has 2 rings (SSSR count). The normalized spacial score (nSPS) is 9.95. The standard InChI is InChI=1S/C13H15N5O/c1-3-18-13(16-9-17-18)8-15-11-5-4-10(7-14)6-12(11)19-2/h4-6,9,15H,3,8H2,1-2H3. The second kappa shape index (κ2) is 5.87. The summed E-state index contributed by atoms with van der Waals surface area (Å²) in [5, 5.41) is 16.2. The summed E-state index contributed by atoms with van der Waals surface area (Å²) in [4.78, 5) is 4.19. The van der Waals surface area contributed by atoms with Crippen molar-refractivity contribution in [1.82, 2.24) is 14.8 Å². The molecule has 0 atom stereocenters. The molecule has 6 heteroatoms. The number of methoxy groups -OCH3 is 1. The zero-order chi connectivity index (χ0) is 13.7. The van der Waals surface area contributed by atoms with Gasteiger partial charge in [-0.05, 0) is 19.1 Å². The average Bonchev–Trinajstić information content (AvgIpc) is 2.92. The first-order valence-corrected chi connectivity index (χ1v) is 5.97. The zero-order valence-electron chi connectivity index (χ0n) is 10.9. The lowest BCUT2D eigenvalue weighted by molar-refractivity contribution is 0.416. The van der Waals surface area contributed by atoms with Gasteiger partial charge in [0, 0.05) is 12.6 Å². The lowest BCUT2D eigenvalue weighted by Crippen LogP contribution is -2.09. The summed E-state index contributed by atoms with van der Waals surface area (Å²) < 4.78 is 7.08. The molecule has 1 aromatic heterocycles. The van der Waals surface area contributed by atoms with Gasteiger partial charge in [0.1, 0.15) is 17.9 Å². The van der Waals surface area contributed by atoms with Crippen molar-refractivity contribution in [2.24, 2.45) is 0 Å². The van der Waals surface area contributed by atoms with Crippen LogP contribution in [0.3, 0.4) is 0 Å². The molecule has 98 valence electrons. The Kier molecular flexibility index (Phi) is 3.98. The number of hydrogen-bond acceptors (Lipinski definition) is 5. The largest absolute Gasteiger partial charge is 0.495 e. The molecule has 0 radical (unpaired) electrons. The second-order valence-corrected chi connectivity index (χ2v) is 3.87. The van der Waals surface area contributed by atoms with E-state index < -0.39 is 0 Å². The van der Waals surface area contributed by atoms with Crippen LogP contribution in [0.1, 0.15) is 18.3 Å². The van der Waals surface area contributed by atoms with E-state index in [0.717, 1.165) is 18.1 Å². The maximum atomic E-state index is 8.85. The Bertz CT molecular complexity index is 599. The molecule has 1 aromatic carbocycles. The number of benzene rings is 1. The summed E-state index contributed by atoms with van der Waals surface area (Å²) in [7, 11) is 1.58. The number of aryl methyl sites for hydroxylation is 1. The number of nitriles is 1. The number of aromatic nitrogens is 3. The summed E-state index contributed by atoms with van der Waals surface area (Å²) in [5.74, 6) is 1.50. The van der Waals surface area contributed by atoms with Gasteiger partial charge < -0.3 is 10.1 Å². The minimum absolute atomic E-state index is 0.552. The highest BCUT2D eigenvalue weighted by Gasteiger charge is 2.06. The van der Waals surface area contributed by atoms with E-state index in [0.29, 0.717) is 17.9 Å². The van der Waals surface area contributed by atoms with Crippen LogP contribution in [-0.2, 0) is 13.1 Å². The monoisotopic (exact) mass is 257 g/mol. The first-order chi connectivity index (χ1) is 9.28. The van der Waals surface area contributed by atoms with Gasteiger partial charge in [-0.15, -0.1) is 0 Å². The smallest absolute Gasteiger partial charge is 0.146 e. The average molecular weight is 257 g/mol. The van der Waals surface area contributed by atoms with E-state index in [1.165, 1.54) is 6.33 Å². The minimum atomic E-state index is 0.552. The van der Waals surface area contributed by atoms with Crippen LogP contribution in [0, 0.1) is 11.3 Å². The van der Waals surface area contributed by atoms with Crippen LogP contribution in [0.2, 0.25) is 0 Å². The molecule has 2 aromatic rings. The Hall–Kier alpha value is -2.55. The van der Waals surface area contributed by atoms with E-state index in [-0.39, 0.29) is 0 Å². The predicted molar refractivity (Wildman–Crippen MR) is 70.7 cm³/mol. The number of nitrogens with one attached hydrogen (secondary N) is 1. The quantitative estimate of drug-likeness (QED) is 0.883. The Labute approximate surface area is 111 Å². The third kappa shape index (κ3) is 2.83. The third-order valence-corrected chi connectivity index (χ3v) is 2.76. The van der Waals surface area contributed by atoms with E-state index in [2.05, 4.69) is 21.5 Å². The van der Waals surface area contributed by atoms with Crippen molar-refractivity contribution in [3.8, 4) is 11.8 Å². The summed E-state index contributed by atoms with van der Waals surface area (Å²) >= 11 is 0. The Balaban J connectivity index is 2.13. The summed E-state index contributed by atoms with van der Waals surface area (Å²) in [6.07, 6.45) is 1.54. The maximum Gasteiger partial charge on any atom is 0.146 e. The summed E-state index contributed by atoms with van der Waals surface area (Å²) in [6, 6.07) is 7.35. The lowest BCUT2D eigenvalue weighted by atomic mass is 10.2. The number of ether oxygens (including phenoxy) is 1. The molecular weight excluding hydrogens is 242 g/mol. The second-order valence-electron chi connectivity index (χ2n) is 3.87. The molecule has 19 heavy (non-hydrogen) atoms. The molecule has 1 heterocycles. The van der Waals surface area contributed by atoms with Crippen molar-refractivity contribution in [2.75, 3.05) is 12.4 Å². The van der Waals surface area contributed by atoms with Crippen LogP contribution in [0.25, 0.3) is 0 Å². The van der Waals surface area contributed by atoms with Gasteiger partial charge in [0.2, 0.25) is 0 Å². The van der Waals surface area contributed by atoms with Gasteiger partial charge in [0.15, 0.2) is 0 Å². The van der Waals surface area contributed by atoms with Crippen LogP contribution in [-0.4, -0.2) is 21.9 Å². The van der Waals surface area contributed by atoms with E-state index in [1.54, 1.807) is 19.2 Å². The third-order valence-electron chi connectivity index (χ3n) is 2.76. The van der Waals surface area contributed by atoms with E-state index in [4.69, 9.17) is 10.00 Å². The topological polar surface area (TPSA) is 75.8 Å². The highest BCUT2D eigenvalue weighted by Crippen LogP contribution is 2.25. The molecule has 0 amide bonds. The molecule has 0 aliphatic carbocycles. The van der Waals surface area contributed by atoms with E-state index in [1.807, 2.05) is 17.7 Å². The lowest BCUT2D eigenvalue weighted by Gasteiger charge is -2.11. The van der Waals surface area contributed by atoms with Crippen molar-refractivity contribution in [3.05, 3.63) is 35.9 Å². The molecule has 0 spiro atoms. The van der Waals surface area contributed by atoms with Crippen molar-refractivity contribution >= 4 is 5.69 Å². The zero-order valence-corrected chi connectivity index (χ0v) is 10.9. The maximum absolute atomic E-state index is 8.85. The molecule has 0 unspecified atom stereocenters. The van der Waals surface area contributed by atoms with Crippen LogP contribution >= 0.6 is 0 Å². The SMILES string of the molecule is CCn1ncnc1CNc1ccc(C#N)cc1OC. The first-order valence-electron chi connectivity index (χ1n) is 5.97. The molecule has 0 fully saturated rings. The molecule has 6 nitrogen and oxygen atoms in total. The Morgan fingerprint density at radius 2 is 2.32 bits per heavy atom. The summed E-state index contributed by atoms with van der Waals surface area (Å²) in [6.45, 7) is 3.35. The predicted octanol–water partition coefficient (Wildman–Crippen LogP) is 1.79. The fraction of sp³-hybridized carbons (Fsp3) is 0.308. The minimum Gasteiger partial charge on any atom is -0.495 e. The molecule has 0 saturated heterocycles. The van der Waals surface area contributed by atoms with Crippen LogP contribution < -0.4 is 10.1 Å². The van der Waals surface area contributed by atoms with Gasteiger partial charge in [-0.25, -0.2) is 9.67 Å². The Morgan fingerprint density at radius 1 is 1.47 bits per heavy atom. The number of hydrogen-bond donors (Lipinski definition) is 1. The van der Waals surface area contributed by atoms with Gasteiger partial charge in [-0.1, -0.05) is 0 Å². The van der Waals surface area contributed by atoms with Crippen molar-refractivity contribution in [2.45, 2.75) is 20.0 Å². The number of rotatable bonds is 5. The first kappa shape index (κ1) is 12.9. The van der Waals surface area contributed by atoms with Crippen LogP contribution in [0.15, 0.2) is 24.5 Å². The summed E-state index contributed by atoms with van der Waals surface area (Å²) in [5.41, 5.74) is 1.39. The van der Waals surface area contributed by atoms with Gasteiger partial charge in [-0.2, -0.15) is 10.4 Å². The highest BCUT2D eigenvalue weighted by atomic mass is 16.5.